The van der Waals surface area contributed by atoms with Gasteiger partial charge in [-0.15, -0.1) is 0 Å². The minimum Gasteiger partial charge on any atom is -0.391 e. The topological polar surface area (TPSA) is 157 Å². The summed E-state index contributed by atoms with van der Waals surface area (Å²) in [6.45, 7) is -0.957. The molecule has 0 aromatic carbocycles. The van der Waals surface area contributed by atoms with Gasteiger partial charge < -0.3 is 30.3 Å². The van der Waals surface area contributed by atoms with Crippen molar-refractivity contribution in [1.82, 2.24) is 9.55 Å². The van der Waals surface area contributed by atoms with E-state index in [9.17, 15) is 19.6 Å². The first-order valence-corrected chi connectivity index (χ1v) is 9.71. The van der Waals surface area contributed by atoms with Gasteiger partial charge in [0.2, 0.25) is 0 Å². The number of hydrogen-bond acceptors (Lipinski definition) is 9. The molecule has 130 valence electrons. The van der Waals surface area contributed by atoms with Crippen molar-refractivity contribution in [3.63, 3.8) is 0 Å². The number of aromatic nitrogens is 2. The molecule has 0 bridgehead atoms. The van der Waals surface area contributed by atoms with Gasteiger partial charge in [0.1, 0.15) is 24.1 Å². The van der Waals surface area contributed by atoms with E-state index in [1.165, 1.54) is 0 Å². The molecule has 1 aliphatic rings. The summed E-state index contributed by atoms with van der Waals surface area (Å²) in [5.74, 6) is -0.160. The van der Waals surface area contributed by atoms with Crippen LogP contribution >= 0.6 is 28.6 Å². The highest BCUT2D eigenvalue weighted by Crippen LogP contribution is 2.57. The molecule has 0 saturated carbocycles. The number of anilines is 1. The van der Waals surface area contributed by atoms with Crippen LogP contribution in [0.4, 0.5) is 5.82 Å². The third-order valence-electron chi connectivity index (χ3n) is 3.23. The molecule has 23 heavy (non-hydrogen) atoms. The van der Waals surface area contributed by atoms with E-state index in [1.54, 1.807) is 0 Å². The van der Waals surface area contributed by atoms with Crippen LogP contribution in [0.5, 0.6) is 0 Å². The number of aliphatic hydroxyl groups is 3. The number of halogens is 2. The molecule has 0 amide bonds. The Labute approximate surface area is 139 Å². The fourth-order valence-electron chi connectivity index (χ4n) is 2.08. The lowest BCUT2D eigenvalue weighted by atomic mass is 10.1. The van der Waals surface area contributed by atoms with Gasteiger partial charge in [0.15, 0.2) is 6.23 Å². The molecule has 1 unspecified atom stereocenters. The molecule has 1 aromatic rings. The van der Waals surface area contributed by atoms with Crippen molar-refractivity contribution >= 4 is 34.4 Å². The number of rotatable bonds is 5. The lowest BCUT2D eigenvalue weighted by Gasteiger charge is -2.18. The highest BCUT2D eigenvalue weighted by Gasteiger charge is 2.45. The minimum absolute atomic E-state index is 0.139. The van der Waals surface area contributed by atoms with Gasteiger partial charge in [-0.05, 0) is 22.5 Å². The predicted octanol–water partition coefficient (Wildman–Crippen LogP) is -0.461. The maximum absolute atomic E-state index is 11.9. The lowest BCUT2D eigenvalue weighted by Crippen LogP contribution is -2.36. The fourth-order valence-corrected chi connectivity index (χ4v) is 2.74. The molecule has 1 saturated heterocycles. The van der Waals surface area contributed by atoms with E-state index in [1.807, 2.05) is 0 Å². The van der Waals surface area contributed by atoms with E-state index in [2.05, 4.69) is 9.51 Å². The first-order valence-electron chi connectivity index (χ1n) is 6.28. The number of ether oxygens (including phenoxy) is 1. The van der Waals surface area contributed by atoms with Crippen LogP contribution in [0.1, 0.15) is 11.8 Å². The van der Waals surface area contributed by atoms with Crippen LogP contribution in [0.3, 0.4) is 0 Å². The fraction of sp³-hybridized carbons (Fsp3) is 0.600. The molecule has 2 heterocycles. The average molecular weight is 390 g/mol. The summed E-state index contributed by atoms with van der Waals surface area (Å²) >= 11 is 10.4. The van der Waals surface area contributed by atoms with Crippen molar-refractivity contribution in [2.24, 2.45) is 0 Å². The zero-order valence-electron chi connectivity index (χ0n) is 11.5. The number of nitrogens with two attached hydrogens (primary N) is 1. The SMILES string of the molecule is Nc1nc(=O)n([C@@H]2O[C@H](COP(=O)(Cl)Cl)C(O)[C@@H]2O)cc1CO. The van der Waals surface area contributed by atoms with Crippen LogP contribution < -0.4 is 11.4 Å². The average Bonchev–Trinajstić information content (AvgIpc) is 2.73. The summed E-state index contributed by atoms with van der Waals surface area (Å²) in [5.41, 5.74) is 4.76. The van der Waals surface area contributed by atoms with Crippen molar-refractivity contribution in [2.45, 2.75) is 31.1 Å². The molecule has 5 N–H and O–H groups in total. The van der Waals surface area contributed by atoms with Gasteiger partial charge in [0, 0.05) is 11.8 Å². The maximum Gasteiger partial charge on any atom is 0.380 e. The summed E-state index contributed by atoms with van der Waals surface area (Å²) in [4.78, 5) is 15.4. The van der Waals surface area contributed by atoms with E-state index >= 15 is 0 Å². The van der Waals surface area contributed by atoms with Crippen molar-refractivity contribution in [2.75, 3.05) is 12.3 Å². The van der Waals surface area contributed by atoms with Gasteiger partial charge in [-0.2, -0.15) is 4.98 Å². The normalized spacial score (nSPS) is 28.2. The van der Waals surface area contributed by atoms with E-state index in [-0.39, 0.29) is 11.4 Å². The minimum atomic E-state index is -3.84. The molecule has 1 fully saturated rings. The van der Waals surface area contributed by atoms with Crippen LogP contribution in [0, 0.1) is 0 Å². The van der Waals surface area contributed by atoms with E-state index in [0.29, 0.717) is 0 Å². The van der Waals surface area contributed by atoms with E-state index < -0.39 is 49.5 Å². The molecule has 0 aliphatic carbocycles. The largest absolute Gasteiger partial charge is 0.391 e. The quantitative estimate of drug-likeness (QED) is 0.488. The second-order valence-corrected chi connectivity index (χ2v) is 9.03. The highest BCUT2D eigenvalue weighted by molar-refractivity contribution is 8.05. The Hall–Kier alpha value is -0.710. The Balaban J connectivity index is 2.24. The van der Waals surface area contributed by atoms with E-state index in [4.69, 9.17) is 38.1 Å². The van der Waals surface area contributed by atoms with Crippen LogP contribution in [0.15, 0.2) is 11.0 Å². The Morgan fingerprint density at radius 3 is 2.65 bits per heavy atom. The second-order valence-electron chi connectivity index (χ2n) is 4.76. The lowest BCUT2D eigenvalue weighted by molar-refractivity contribution is -0.0508. The number of nitrogens with zero attached hydrogens (tertiary/aromatic N) is 2. The van der Waals surface area contributed by atoms with Gasteiger partial charge in [-0.25, -0.2) is 4.79 Å². The summed E-state index contributed by atoms with van der Waals surface area (Å²) in [6, 6.07) is 0. The number of nitrogen functional groups attached to an aromatic ring is 1. The van der Waals surface area contributed by atoms with Crippen molar-refractivity contribution in [1.29, 1.82) is 0 Å². The van der Waals surface area contributed by atoms with Gasteiger partial charge in [-0.3, -0.25) is 9.13 Å². The zero-order valence-corrected chi connectivity index (χ0v) is 13.9. The van der Waals surface area contributed by atoms with Gasteiger partial charge >= 0.3 is 11.8 Å². The molecular formula is C10H14Cl2N3O7P. The van der Waals surface area contributed by atoms with E-state index in [0.717, 1.165) is 10.8 Å². The van der Waals surface area contributed by atoms with Crippen LogP contribution in [-0.4, -0.2) is 49.8 Å². The number of aliphatic hydroxyl groups excluding tert-OH is 3. The van der Waals surface area contributed by atoms with Crippen LogP contribution in [-0.2, 0) is 20.4 Å². The van der Waals surface area contributed by atoms with Crippen molar-refractivity contribution < 1.29 is 29.1 Å². The molecule has 0 spiro atoms. The monoisotopic (exact) mass is 389 g/mol. The Kier molecular flexibility index (Phi) is 5.70. The molecule has 1 aromatic heterocycles. The van der Waals surface area contributed by atoms with Crippen LogP contribution in [0.2, 0.25) is 0 Å². The standard InChI is InChI=1S/C10H14Cl2N3O7P/c11-23(12,20)21-3-5-6(17)7(18)9(22-5)15-1-4(2-16)8(13)14-10(15)19/h1,5-7,9,16-18H,2-3H2,(H2,13,14,19)/t5-,6?,7+,9-/m1/s1. The van der Waals surface area contributed by atoms with Gasteiger partial charge in [0.05, 0.1) is 13.2 Å². The Morgan fingerprint density at radius 1 is 1.43 bits per heavy atom. The predicted molar refractivity (Wildman–Crippen MR) is 80.0 cm³/mol. The zero-order chi connectivity index (χ0) is 17.4. The summed E-state index contributed by atoms with van der Waals surface area (Å²) in [5, 5.41) is 29.1. The maximum atomic E-state index is 11.9. The number of hydrogen-bond donors (Lipinski definition) is 4. The van der Waals surface area contributed by atoms with Crippen molar-refractivity contribution in [3.05, 3.63) is 22.2 Å². The summed E-state index contributed by atoms with van der Waals surface area (Å²) in [6.07, 6.45) is -8.10. The third-order valence-corrected chi connectivity index (χ3v) is 4.27. The van der Waals surface area contributed by atoms with Gasteiger partial charge in [-0.1, -0.05) is 0 Å². The second kappa shape index (κ2) is 7.04. The Morgan fingerprint density at radius 2 is 2.09 bits per heavy atom. The molecule has 10 nitrogen and oxygen atoms in total. The molecule has 2 rings (SSSR count). The van der Waals surface area contributed by atoms with Crippen molar-refractivity contribution in [3.8, 4) is 0 Å². The molecule has 0 radical (unpaired) electrons. The Bertz CT molecular complexity index is 681. The van der Waals surface area contributed by atoms with Crippen LogP contribution in [0.25, 0.3) is 0 Å². The summed E-state index contributed by atoms with van der Waals surface area (Å²) < 4.78 is 21.9. The molecule has 13 heteroatoms. The molecular weight excluding hydrogens is 376 g/mol. The first-order chi connectivity index (χ1) is 10.6. The smallest absolute Gasteiger partial charge is 0.380 e. The summed E-state index contributed by atoms with van der Waals surface area (Å²) in [7, 11) is 0. The highest BCUT2D eigenvalue weighted by atomic mass is 35.9. The first kappa shape index (κ1) is 18.6. The molecule has 4 atom stereocenters. The third kappa shape index (κ3) is 4.23. The molecule has 1 aliphatic heterocycles. The van der Waals surface area contributed by atoms with Gasteiger partial charge in [0.25, 0.3) is 0 Å².